The van der Waals surface area contributed by atoms with E-state index in [1.54, 1.807) is 27.9 Å². The number of imide groups is 1. The summed E-state index contributed by atoms with van der Waals surface area (Å²) < 4.78 is 21.6. The maximum absolute atomic E-state index is 14.0. The summed E-state index contributed by atoms with van der Waals surface area (Å²) in [7, 11) is 1.81. The maximum Gasteiger partial charge on any atom is 0.321 e. The molecule has 40 heavy (non-hydrogen) atoms. The number of halogens is 1. The summed E-state index contributed by atoms with van der Waals surface area (Å²) in [4.78, 5) is 42.1. The van der Waals surface area contributed by atoms with E-state index in [1.807, 2.05) is 25.4 Å². The molecule has 1 unspecified atom stereocenters. The van der Waals surface area contributed by atoms with Crippen LogP contribution in [0.2, 0.25) is 0 Å². The number of ether oxygens (including phenoxy) is 1. The Morgan fingerprint density at radius 2 is 1.95 bits per heavy atom. The summed E-state index contributed by atoms with van der Waals surface area (Å²) in [6.07, 6.45) is 4.57. The normalized spacial score (nSPS) is 21.7. The summed E-state index contributed by atoms with van der Waals surface area (Å²) in [6.45, 7) is -0.227. The first kappa shape index (κ1) is 26.0. The molecular formula is C29H30FN5O5. The van der Waals surface area contributed by atoms with E-state index in [2.05, 4.69) is 5.10 Å². The van der Waals surface area contributed by atoms with Crippen LogP contribution in [0.1, 0.15) is 48.0 Å². The highest BCUT2D eigenvalue weighted by Crippen LogP contribution is 2.43. The molecule has 3 aromatic rings. The van der Waals surface area contributed by atoms with Crippen LogP contribution in [0.5, 0.6) is 5.75 Å². The predicted octanol–water partition coefficient (Wildman–Crippen LogP) is 2.85. The van der Waals surface area contributed by atoms with Crippen LogP contribution in [0.4, 0.5) is 9.18 Å². The molecule has 3 aliphatic rings. The Labute approximate surface area is 230 Å². The Kier molecular flexibility index (Phi) is 6.53. The van der Waals surface area contributed by atoms with E-state index in [0.29, 0.717) is 22.4 Å². The molecule has 3 atom stereocenters. The van der Waals surface area contributed by atoms with Gasteiger partial charge in [0.05, 0.1) is 24.3 Å². The third kappa shape index (κ3) is 4.81. The van der Waals surface area contributed by atoms with Gasteiger partial charge in [-0.05, 0) is 66.1 Å². The molecule has 2 aliphatic carbocycles. The van der Waals surface area contributed by atoms with Crippen LogP contribution in [0.25, 0.3) is 11.1 Å². The van der Waals surface area contributed by atoms with Crippen molar-refractivity contribution in [3.8, 4) is 16.9 Å². The van der Waals surface area contributed by atoms with Crippen molar-refractivity contribution in [2.75, 3.05) is 13.2 Å². The number of hydrogen-bond acceptors (Lipinski definition) is 6. The van der Waals surface area contributed by atoms with Crippen molar-refractivity contribution in [1.82, 2.24) is 19.6 Å². The Morgan fingerprint density at radius 3 is 2.65 bits per heavy atom. The quantitative estimate of drug-likeness (QED) is 0.505. The Balaban J connectivity index is 1.24. The Hall–Kier alpha value is -4.25. The van der Waals surface area contributed by atoms with E-state index in [9.17, 15) is 23.9 Å². The summed E-state index contributed by atoms with van der Waals surface area (Å²) in [5, 5.41) is 15.0. The van der Waals surface area contributed by atoms with Crippen LogP contribution in [0, 0.1) is 11.7 Å². The van der Waals surface area contributed by atoms with Crippen molar-refractivity contribution in [3.05, 3.63) is 71.3 Å². The number of aliphatic hydroxyl groups excluding tert-OH is 1. The van der Waals surface area contributed by atoms with E-state index >= 15 is 0 Å². The molecule has 0 saturated heterocycles. The van der Waals surface area contributed by atoms with Gasteiger partial charge in [-0.25, -0.2) is 9.18 Å². The smallest absolute Gasteiger partial charge is 0.321 e. The highest BCUT2D eigenvalue weighted by molar-refractivity contribution is 6.01. The van der Waals surface area contributed by atoms with Crippen molar-refractivity contribution in [3.63, 3.8) is 0 Å². The minimum atomic E-state index is -1.05. The van der Waals surface area contributed by atoms with Crippen LogP contribution in [0.3, 0.4) is 0 Å². The number of carbonyl (C=O) groups excluding carboxylic acids is 3. The number of primary amides is 1. The van der Waals surface area contributed by atoms with Gasteiger partial charge in [-0.3, -0.25) is 19.2 Å². The number of aryl methyl sites for hydroxylation is 1. The zero-order valence-electron chi connectivity index (χ0n) is 22.0. The molecule has 208 valence electrons. The topological polar surface area (TPSA) is 131 Å². The van der Waals surface area contributed by atoms with Gasteiger partial charge in [0.1, 0.15) is 24.7 Å². The molecule has 1 saturated carbocycles. The first-order valence-electron chi connectivity index (χ1n) is 13.3. The van der Waals surface area contributed by atoms with Gasteiger partial charge >= 0.3 is 6.03 Å². The first-order valence-corrected chi connectivity index (χ1v) is 13.3. The van der Waals surface area contributed by atoms with Gasteiger partial charge in [-0.1, -0.05) is 12.1 Å². The van der Waals surface area contributed by atoms with Gasteiger partial charge < -0.3 is 20.5 Å². The number of aromatic nitrogens is 2. The maximum atomic E-state index is 14.0. The summed E-state index contributed by atoms with van der Waals surface area (Å²) in [5.41, 5.74) is 9.03. The van der Waals surface area contributed by atoms with E-state index in [4.69, 9.17) is 10.5 Å². The average Bonchev–Trinajstić information content (AvgIpc) is 3.63. The zero-order chi connectivity index (χ0) is 28.1. The lowest BCUT2D eigenvalue weighted by Gasteiger charge is -2.31. The van der Waals surface area contributed by atoms with Gasteiger partial charge in [0.15, 0.2) is 0 Å². The number of amides is 4. The largest absolute Gasteiger partial charge is 0.491 e. The van der Waals surface area contributed by atoms with E-state index in [-0.39, 0.29) is 31.5 Å². The zero-order valence-corrected chi connectivity index (χ0v) is 22.0. The molecule has 1 fully saturated rings. The summed E-state index contributed by atoms with van der Waals surface area (Å²) in [6, 6.07) is 8.28. The van der Waals surface area contributed by atoms with Crippen molar-refractivity contribution in [2.45, 2.75) is 43.9 Å². The monoisotopic (exact) mass is 547 g/mol. The molecular weight excluding hydrogens is 517 g/mol. The van der Waals surface area contributed by atoms with Crippen molar-refractivity contribution in [2.24, 2.45) is 18.7 Å². The highest BCUT2D eigenvalue weighted by Gasteiger charge is 2.43. The highest BCUT2D eigenvalue weighted by atomic mass is 19.1. The summed E-state index contributed by atoms with van der Waals surface area (Å²) in [5.74, 6) is -1.67. The molecule has 6 rings (SSSR count). The van der Waals surface area contributed by atoms with Crippen LogP contribution < -0.4 is 10.5 Å². The summed E-state index contributed by atoms with van der Waals surface area (Å²) >= 11 is 0. The Bertz CT molecular complexity index is 1500. The van der Waals surface area contributed by atoms with E-state index < -0.39 is 42.2 Å². The average molecular weight is 548 g/mol. The second-order valence-electron chi connectivity index (χ2n) is 10.8. The lowest BCUT2D eigenvalue weighted by molar-refractivity contribution is -0.141. The third-order valence-corrected chi connectivity index (χ3v) is 8.10. The van der Waals surface area contributed by atoms with Crippen LogP contribution >= 0.6 is 0 Å². The molecule has 4 amide bonds. The van der Waals surface area contributed by atoms with Gasteiger partial charge in [-0.2, -0.15) is 5.10 Å². The second kappa shape index (κ2) is 10.1. The standard InChI is InChI=1S/C29H30FN5O5/c1-33-12-19(11-32-33)17-4-6-21-22(9-17)25(36)10-23(21)28(38)35(29(31)39)14-27(37)34-13-18-8-20(30)5-7-26(18)40-15-24(34)16-2-3-16/h4-9,11-12,16,23-25,36H,2-3,10,13-15H2,1H3,(H2,31,39)/t23-,24-,25?/m0/s1. The molecule has 10 nitrogen and oxygen atoms in total. The van der Waals surface area contributed by atoms with Crippen LogP contribution in [-0.4, -0.2) is 61.7 Å². The fraction of sp³-hybridized carbons (Fsp3) is 0.379. The number of benzene rings is 2. The van der Waals surface area contributed by atoms with Gasteiger partial charge in [0.25, 0.3) is 0 Å². The molecule has 1 aromatic heterocycles. The lowest BCUT2D eigenvalue weighted by atomic mass is 9.97. The molecule has 2 aromatic carbocycles. The fourth-order valence-corrected chi connectivity index (χ4v) is 5.84. The number of aliphatic hydroxyl groups is 1. The third-order valence-electron chi connectivity index (χ3n) is 8.10. The lowest BCUT2D eigenvalue weighted by Crippen LogP contribution is -2.52. The fourth-order valence-electron chi connectivity index (χ4n) is 5.84. The molecule has 0 spiro atoms. The molecule has 0 bridgehead atoms. The van der Waals surface area contributed by atoms with Crippen molar-refractivity contribution >= 4 is 17.8 Å². The number of hydrogen-bond donors (Lipinski definition) is 2. The SMILES string of the molecule is Cn1cc(-c2ccc3c(c2)C(O)C[C@@H]3C(=O)N(CC(=O)N2Cc3cc(F)ccc3OC[C@H]2C2CC2)C(N)=O)cn1. The van der Waals surface area contributed by atoms with Crippen LogP contribution in [-0.2, 0) is 23.2 Å². The number of fused-ring (bicyclic) bond motifs is 2. The predicted molar refractivity (Wildman–Crippen MR) is 141 cm³/mol. The number of nitrogens with two attached hydrogens (primary N) is 1. The number of carbonyl (C=O) groups is 3. The van der Waals surface area contributed by atoms with Crippen molar-refractivity contribution in [1.29, 1.82) is 0 Å². The van der Waals surface area contributed by atoms with E-state index in [0.717, 1.165) is 28.9 Å². The molecule has 0 radical (unpaired) electrons. The Morgan fingerprint density at radius 1 is 1.15 bits per heavy atom. The van der Waals surface area contributed by atoms with Gasteiger partial charge in [0.2, 0.25) is 11.8 Å². The molecule has 11 heteroatoms. The molecule has 2 heterocycles. The number of rotatable bonds is 5. The van der Waals surface area contributed by atoms with Gasteiger partial charge in [-0.15, -0.1) is 0 Å². The second-order valence-corrected chi connectivity index (χ2v) is 10.8. The van der Waals surface area contributed by atoms with Gasteiger partial charge in [0, 0.05) is 30.9 Å². The van der Waals surface area contributed by atoms with Crippen molar-refractivity contribution < 1.29 is 28.6 Å². The van der Waals surface area contributed by atoms with Crippen LogP contribution in [0.15, 0.2) is 48.8 Å². The first-order chi connectivity index (χ1) is 19.2. The number of nitrogens with zero attached hydrogens (tertiary/aromatic N) is 4. The minimum absolute atomic E-state index is 0.0670. The molecule has 3 N–H and O–H groups in total. The van der Waals surface area contributed by atoms with E-state index in [1.165, 1.54) is 12.1 Å². The molecule has 1 aliphatic heterocycles. The minimum Gasteiger partial charge on any atom is -0.491 e. The number of urea groups is 1.